The smallest absolute Gasteiger partial charge is 0.242 e. The summed E-state index contributed by atoms with van der Waals surface area (Å²) in [7, 11) is -1.92. The fourth-order valence-corrected chi connectivity index (χ4v) is 4.90. The standard InChI is InChI=1S/C21H24N2O4S/c1-3-15-28(25,26)23-14-6-9-20(23)21(24)22-19-8-5-4-7-18(19)16-10-12-17(27-2)13-11-16/h3-5,7-8,10-13,20H,1,6,9,14-15H2,2H3,(H,22,24). The molecule has 0 radical (unpaired) electrons. The molecule has 1 fully saturated rings. The predicted octanol–water partition coefficient (Wildman–Crippen LogP) is 3.28. The third-order valence-electron chi connectivity index (χ3n) is 4.78. The van der Waals surface area contributed by atoms with Crippen molar-refractivity contribution in [1.29, 1.82) is 0 Å². The van der Waals surface area contributed by atoms with E-state index in [9.17, 15) is 13.2 Å². The third-order valence-corrected chi connectivity index (χ3v) is 6.59. The fraction of sp³-hybridized carbons (Fsp3) is 0.286. The lowest BCUT2D eigenvalue weighted by Crippen LogP contribution is -2.43. The van der Waals surface area contributed by atoms with Gasteiger partial charge in [0.05, 0.1) is 12.9 Å². The minimum Gasteiger partial charge on any atom is -0.497 e. The number of nitrogens with one attached hydrogen (secondary N) is 1. The normalized spacial score (nSPS) is 17.2. The SMILES string of the molecule is C=CCS(=O)(=O)N1CCCC1C(=O)Nc1ccccc1-c1ccc(OC)cc1. The van der Waals surface area contributed by atoms with Gasteiger partial charge in [0.25, 0.3) is 0 Å². The van der Waals surface area contributed by atoms with Gasteiger partial charge in [0, 0.05) is 17.8 Å². The Kier molecular flexibility index (Phi) is 6.16. The van der Waals surface area contributed by atoms with Gasteiger partial charge in [-0.25, -0.2) is 8.42 Å². The maximum Gasteiger partial charge on any atom is 0.242 e. The van der Waals surface area contributed by atoms with Crippen LogP contribution >= 0.6 is 0 Å². The molecule has 1 amide bonds. The van der Waals surface area contributed by atoms with Crippen LogP contribution in [0.2, 0.25) is 0 Å². The highest BCUT2D eigenvalue weighted by Crippen LogP contribution is 2.30. The number of sulfonamides is 1. The number of ether oxygens (including phenoxy) is 1. The van der Waals surface area contributed by atoms with E-state index in [1.807, 2.05) is 48.5 Å². The van der Waals surface area contributed by atoms with Gasteiger partial charge in [-0.1, -0.05) is 36.4 Å². The van der Waals surface area contributed by atoms with Gasteiger partial charge in [0.1, 0.15) is 11.8 Å². The Morgan fingerprint density at radius 2 is 1.96 bits per heavy atom. The topological polar surface area (TPSA) is 75.7 Å². The fourth-order valence-electron chi connectivity index (χ4n) is 3.41. The number of benzene rings is 2. The lowest BCUT2D eigenvalue weighted by molar-refractivity contribution is -0.119. The van der Waals surface area contributed by atoms with Crippen molar-refractivity contribution in [2.24, 2.45) is 0 Å². The van der Waals surface area contributed by atoms with E-state index in [4.69, 9.17) is 4.74 Å². The summed E-state index contributed by atoms with van der Waals surface area (Å²) in [6.45, 7) is 3.85. The molecule has 0 bridgehead atoms. The first kappa shape index (κ1) is 20.1. The number of hydrogen-bond acceptors (Lipinski definition) is 4. The summed E-state index contributed by atoms with van der Waals surface area (Å²) in [6.07, 6.45) is 2.52. The number of amides is 1. The molecule has 1 atom stereocenters. The molecule has 0 aliphatic carbocycles. The van der Waals surface area contributed by atoms with Crippen LogP contribution in [-0.2, 0) is 14.8 Å². The summed E-state index contributed by atoms with van der Waals surface area (Å²) in [6, 6.07) is 14.3. The molecule has 3 rings (SSSR count). The summed E-state index contributed by atoms with van der Waals surface area (Å²) in [5.74, 6) is 0.268. The summed E-state index contributed by atoms with van der Waals surface area (Å²) < 4.78 is 31.3. The third kappa shape index (κ3) is 4.26. The van der Waals surface area contributed by atoms with Crippen LogP contribution in [0.15, 0.2) is 61.2 Å². The summed E-state index contributed by atoms with van der Waals surface area (Å²) in [5, 5.41) is 2.92. The molecule has 0 saturated carbocycles. The van der Waals surface area contributed by atoms with Crippen molar-refractivity contribution in [2.45, 2.75) is 18.9 Å². The van der Waals surface area contributed by atoms with Crippen LogP contribution in [0.1, 0.15) is 12.8 Å². The van der Waals surface area contributed by atoms with Gasteiger partial charge in [-0.15, -0.1) is 6.58 Å². The van der Waals surface area contributed by atoms with Gasteiger partial charge in [-0.05, 0) is 36.6 Å². The van der Waals surface area contributed by atoms with Crippen LogP contribution in [0.25, 0.3) is 11.1 Å². The Labute approximate surface area is 165 Å². The van der Waals surface area contributed by atoms with Crippen molar-refractivity contribution in [3.63, 3.8) is 0 Å². The average molecular weight is 401 g/mol. The van der Waals surface area contributed by atoms with E-state index in [1.165, 1.54) is 10.4 Å². The van der Waals surface area contributed by atoms with E-state index >= 15 is 0 Å². The van der Waals surface area contributed by atoms with Crippen LogP contribution < -0.4 is 10.1 Å². The van der Waals surface area contributed by atoms with Crippen molar-refractivity contribution in [3.05, 3.63) is 61.2 Å². The quantitative estimate of drug-likeness (QED) is 0.724. The highest BCUT2D eigenvalue weighted by Gasteiger charge is 2.38. The molecule has 0 spiro atoms. The van der Waals surface area contributed by atoms with E-state index in [1.54, 1.807) is 7.11 Å². The molecule has 0 aromatic heterocycles. The Bertz CT molecular complexity index is 955. The molecule has 1 aliphatic heterocycles. The highest BCUT2D eigenvalue weighted by molar-refractivity contribution is 7.89. The molecular weight excluding hydrogens is 376 g/mol. The van der Waals surface area contributed by atoms with Crippen LogP contribution in [0.4, 0.5) is 5.69 Å². The van der Waals surface area contributed by atoms with Crippen molar-refractivity contribution in [3.8, 4) is 16.9 Å². The van der Waals surface area contributed by atoms with Crippen molar-refractivity contribution < 1.29 is 17.9 Å². The largest absolute Gasteiger partial charge is 0.497 e. The monoisotopic (exact) mass is 400 g/mol. The minimum atomic E-state index is -3.53. The van der Waals surface area contributed by atoms with E-state index in [0.717, 1.165) is 16.9 Å². The number of methoxy groups -OCH3 is 1. The van der Waals surface area contributed by atoms with Crippen LogP contribution in [0.3, 0.4) is 0 Å². The summed E-state index contributed by atoms with van der Waals surface area (Å²) in [4.78, 5) is 12.9. The van der Waals surface area contributed by atoms with Gasteiger partial charge in [0.2, 0.25) is 15.9 Å². The number of nitrogens with zero attached hydrogens (tertiary/aromatic N) is 1. The van der Waals surface area contributed by atoms with Gasteiger partial charge < -0.3 is 10.1 Å². The molecule has 1 unspecified atom stereocenters. The molecule has 1 saturated heterocycles. The van der Waals surface area contributed by atoms with Crippen LogP contribution in [0.5, 0.6) is 5.75 Å². The minimum absolute atomic E-state index is 0.167. The van der Waals surface area contributed by atoms with E-state index in [2.05, 4.69) is 11.9 Å². The van der Waals surface area contributed by atoms with E-state index in [0.29, 0.717) is 25.1 Å². The zero-order valence-electron chi connectivity index (χ0n) is 15.8. The number of carbonyl (C=O) groups is 1. The predicted molar refractivity (Wildman–Crippen MR) is 111 cm³/mol. The first-order chi connectivity index (χ1) is 13.5. The highest BCUT2D eigenvalue weighted by atomic mass is 32.2. The number of para-hydroxylation sites is 1. The summed E-state index contributed by atoms with van der Waals surface area (Å²) in [5.41, 5.74) is 2.43. The molecule has 1 heterocycles. The van der Waals surface area contributed by atoms with Gasteiger partial charge in [-0.3, -0.25) is 4.79 Å². The molecule has 7 heteroatoms. The van der Waals surface area contributed by atoms with Gasteiger partial charge >= 0.3 is 0 Å². The number of rotatable bonds is 7. The maximum absolute atomic E-state index is 12.9. The van der Waals surface area contributed by atoms with Crippen molar-refractivity contribution >= 4 is 21.6 Å². The Morgan fingerprint density at radius 3 is 2.64 bits per heavy atom. The number of carbonyl (C=O) groups excluding carboxylic acids is 1. The van der Waals surface area contributed by atoms with Gasteiger partial charge in [-0.2, -0.15) is 4.31 Å². The lowest BCUT2D eigenvalue weighted by atomic mass is 10.0. The summed E-state index contributed by atoms with van der Waals surface area (Å²) >= 11 is 0. The molecule has 148 valence electrons. The molecule has 6 nitrogen and oxygen atoms in total. The second-order valence-corrected chi connectivity index (χ2v) is 8.57. The molecule has 2 aromatic rings. The molecule has 2 aromatic carbocycles. The average Bonchev–Trinajstić information content (AvgIpc) is 3.20. The van der Waals surface area contributed by atoms with Gasteiger partial charge in [0.15, 0.2) is 0 Å². The molecule has 1 N–H and O–H groups in total. The Hall–Kier alpha value is -2.64. The zero-order valence-corrected chi connectivity index (χ0v) is 16.6. The van der Waals surface area contributed by atoms with E-state index in [-0.39, 0.29) is 11.7 Å². The number of anilines is 1. The van der Waals surface area contributed by atoms with Crippen molar-refractivity contribution in [1.82, 2.24) is 4.31 Å². The first-order valence-electron chi connectivity index (χ1n) is 9.11. The van der Waals surface area contributed by atoms with E-state index < -0.39 is 16.1 Å². The van der Waals surface area contributed by atoms with Crippen LogP contribution in [-0.4, -0.2) is 44.1 Å². The Balaban J connectivity index is 1.83. The lowest BCUT2D eigenvalue weighted by Gasteiger charge is -2.23. The van der Waals surface area contributed by atoms with Crippen LogP contribution in [0, 0.1) is 0 Å². The number of hydrogen-bond donors (Lipinski definition) is 1. The molecule has 28 heavy (non-hydrogen) atoms. The second-order valence-electron chi connectivity index (χ2n) is 6.60. The molecule has 1 aliphatic rings. The first-order valence-corrected chi connectivity index (χ1v) is 10.7. The maximum atomic E-state index is 12.9. The zero-order chi connectivity index (χ0) is 20.1. The molecular formula is C21H24N2O4S. The Morgan fingerprint density at radius 1 is 1.25 bits per heavy atom. The van der Waals surface area contributed by atoms with Crippen molar-refractivity contribution in [2.75, 3.05) is 24.7 Å². The second kappa shape index (κ2) is 8.58.